The molecular weight excluding hydrogens is 398 g/mol. The van der Waals surface area contributed by atoms with Gasteiger partial charge in [-0.05, 0) is 74.3 Å². The van der Waals surface area contributed by atoms with Crippen LogP contribution in [0.15, 0.2) is 0 Å². The van der Waals surface area contributed by atoms with Crippen molar-refractivity contribution >= 4 is 12.2 Å². The van der Waals surface area contributed by atoms with E-state index in [0.717, 1.165) is 52.0 Å². The first-order valence-electron chi connectivity index (χ1n) is 11.3. The normalized spacial score (nSPS) is 11.3. The monoisotopic (exact) mass is 447 g/mol. The van der Waals surface area contributed by atoms with Crippen LogP contribution < -0.4 is 5.32 Å². The Bertz CT molecular complexity index is 473. The van der Waals surface area contributed by atoms with Gasteiger partial charge < -0.3 is 29.3 Å². The van der Waals surface area contributed by atoms with Gasteiger partial charge in [-0.25, -0.2) is 9.59 Å². The SMILES string of the molecule is CCCOCCCCCN(C)C(=O)OC(C)(C)C.CNCCN(C)C(=O)OC(C)(C)C. The van der Waals surface area contributed by atoms with Crippen LogP contribution in [0, 0.1) is 0 Å². The smallest absolute Gasteiger partial charge is 0.410 e. The maximum Gasteiger partial charge on any atom is 0.410 e. The van der Waals surface area contributed by atoms with Crippen LogP contribution in [0.3, 0.4) is 0 Å². The molecule has 0 unspecified atom stereocenters. The van der Waals surface area contributed by atoms with Crippen LogP contribution in [0.1, 0.15) is 74.1 Å². The molecule has 0 saturated heterocycles. The molecule has 186 valence electrons. The molecule has 8 nitrogen and oxygen atoms in total. The van der Waals surface area contributed by atoms with Crippen molar-refractivity contribution in [2.24, 2.45) is 0 Å². The molecule has 0 aliphatic carbocycles. The van der Waals surface area contributed by atoms with Gasteiger partial charge in [0.25, 0.3) is 0 Å². The second-order valence-electron chi connectivity index (χ2n) is 9.58. The summed E-state index contributed by atoms with van der Waals surface area (Å²) in [6.45, 7) is 17.2. The van der Waals surface area contributed by atoms with Gasteiger partial charge in [-0.15, -0.1) is 0 Å². The van der Waals surface area contributed by atoms with Gasteiger partial charge in [-0.2, -0.15) is 0 Å². The van der Waals surface area contributed by atoms with Crippen LogP contribution >= 0.6 is 0 Å². The number of nitrogens with one attached hydrogen (secondary N) is 1. The zero-order valence-electron chi connectivity index (χ0n) is 21.8. The van der Waals surface area contributed by atoms with Crippen LogP contribution in [-0.4, -0.2) is 87.2 Å². The van der Waals surface area contributed by atoms with Crippen LogP contribution in [-0.2, 0) is 14.2 Å². The summed E-state index contributed by atoms with van der Waals surface area (Å²) < 4.78 is 15.8. The lowest BCUT2D eigenvalue weighted by Crippen LogP contribution is -2.37. The number of carbonyl (C=O) groups excluding carboxylic acids is 2. The van der Waals surface area contributed by atoms with Crippen molar-refractivity contribution in [3.63, 3.8) is 0 Å². The zero-order chi connectivity index (χ0) is 24.5. The molecule has 0 aliphatic heterocycles. The van der Waals surface area contributed by atoms with E-state index < -0.39 is 11.2 Å². The quantitative estimate of drug-likeness (QED) is 0.469. The number of hydrogen-bond donors (Lipinski definition) is 1. The molecule has 0 saturated carbocycles. The first-order valence-corrected chi connectivity index (χ1v) is 11.3. The molecule has 31 heavy (non-hydrogen) atoms. The molecule has 2 amide bonds. The minimum atomic E-state index is -0.417. The highest BCUT2D eigenvalue weighted by Gasteiger charge is 2.19. The maximum atomic E-state index is 11.6. The second kappa shape index (κ2) is 17.1. The lowest BCUT2D eigenvalue weighted by atomic mass is 10.2. The largest absolute Gasteiger partial charge is 0.444 e. The molecule has 0 bridgehead atoms. The predicted octanol–water partition coefficient (Wildman–Crippen LogP) is 4.52. The summed E-state index contributed by atoms with van der Waals surface area (Å²) in [5.74, 6) is 0. The van der Waals surface area contributed by atoms with Gasteiger partial charge in [0.05, 0.1) is 0 Å². The van der Waals surface area contributed by atoms with Crippen LogP contribution in [0.4, 0.5) is 9.59 Å². The van der Waals surface area contributed by atoms with Crippen molar-refractivity contribution in [2.75, 3.05) is 54.0 Å². The highest BCUT2D eigenvalue weighted by atomic mass is 16.6. The maximum absolute atomic E-state index is 11.6. The highest BCUT2D eigenvalue weighted by Crippen LogP contribution is 2.10. The van der Waals surface area contributed by atoms with Crippen molar-refractivity contribution < 1.29 is 23.8 Å². The Labute approximate surface area is 191 Å². The van der Waals surface area contributed by atoms with Crippen LogP contribution in [0.2, 0.25) is 0 Å². The molecular formula is C23H49N3O5. The molecule has 0 aromatic carbocycles. The van der Waals surface area contributed by atoms with Gasteiger partial charge in [-0.1, -0.05) is 6.92 Å². The Morgan fingerprint density at radius 3 is 1.68 bits per heavy atom. The molecule has 8 heteroatoms. The van der Waals surface area contributed by atoms with E-state index in [4.69, 9.17) is 14.2 Å². The Hall–Kier alpha value is -1.54. The number of nitrogens with zero attached hydrogens (tertiary/aromatic N) is 2. The van der Waals surface area contributed by atoms with E-state index in [1.807, 2.05) is 48.6 Å². The standard InChI is InChI=1S/C14H29NO3.C9H20N2O2/c1-6-11-17-12-9-7-8-10-15(5)13(16)18-14(2,3)4;1-9(2,3)13-8(12)11(5)7-6-10-4/h6-12H2,1-5H3;10H,6-7H2,1-5H3. The van der Waals surface area contributed by atoms with Crippen LogP contribution in [0.5, 0.6) is 0 Å². The topological polar surface area (TPSA) is 80.3 Å². The molecule has 0 heterocycles. The number of amides is 2. The van der Waals surface area contributed by atoms with Gasteiger partial charge in [0, 0.05) is 46.9 Å². The molecule has 0 atom stereocenters. The summed E-state index contributed by atoms with van der Waals surface area (Å²) >= 11 is 0. The lowest BCUT2D eigenvalue weighted by molar-refractivity contribution is 0.0287. The first kappa shape index (κ1) is 31.6. The Balaban J connectivity index is 0. The fourth-order valence-electron chi connectivity index (χ4n) is 2.12. The average molecular weight is 448 g/mol. The summed E-state index contributed by atoms with van der Waals surface area (Å²) in [5, 5.41) is 2.97. The minimum absolute atomic E-state index is 0.246. The lowest BCUT2D eigenvalue weighted by Gasteiger charge is -2.24. The molecule has 0 rings (SSSR count). The first-order chi connectivity index (χ1) is 14.2. The average Bonchev–Trinajstić information content (AvgIpc) is 2.62. The van der Waals surface area contributed by atoms with E-state index in [9.17, 15) is 9.59 Å². The van der Waals surface area contributed by atoms with Crippen molar-refractivity contribution in [3.05, 3.63) is 0 Å². The van der Waals surface area contributed by atoms with E-state index >= 15 is 0 Å². The number of likely N-dealkylation sites (N-methyl/N-ethyl adjacent to an activating group) is 2. The second-order valence-corrected chi connectivity index (χ2v) is 9.58. The highest BCUT2D eigenvalue weighted by molar-refractivity contribution is 5.68. The zero-order valence-corrected chi connectivity index (χ0v) is 21.8. The number of hydrogen-bond acceptors (Lipinski definition) is 6. The third-order valence-electron chi connectivity index (χ3n) is 3.74. The summed E-state index contributed by atoms with van der Waals surface area (Å²) in [6, 6.07) is 0. The van der Waals surface area contributed by atoms with E-state index in [2.05, 4.69) is 12.2 Å². The number of carbonyl (C=O) groups is 2. The van der Waals surface area contributed by atoms with E-state index in [1.54, 1.807) is 23.9 Å². The fourth-order valence-corrected chi connectivity index (χ4v) is 2.12. The Kier molecular flexibility index (Phi) is 17.4. The van der Waals surface area contributed by atoms with Gasteiger partial charge >= 0.3 is 12.2 Å². The molecule has 0 radical (unpaired) electrons. The van der Waals surface area contributed by atoms with Crippen molar-refractivity contribution in [1.29, 1.82) is 0 Å². The molecule has 0 aromatic rings. The Morgan fingerprint density at radius 1 is 0.774 bits per heavy atom. The van der Waals surface area contributed by atoms with Crippen molar-refractivity contribution in [1.82, 2.24) is 15.1 Å². The summed E-state index contributed by atoms with van der Waals surface area (Å²) in [7, 11) is 5.36. The molecule has 0 spiro atoms. The minimum Gasteiger partial charge on any atom is -0.444 e. The summed E-state index contributed by atoms with van der Waals surface area (Å²) in [6.07, 6.45) is 3.68. The van der Waals surface area contributed by atoms with E-state index in [1.165, 1.54) is 0 Å². The molecule has 0 aliphatic rings. The number of unbranched alkanes of at least 4 members (excludes halogenated alkanes) is 2. The van der Waals surface area contributed by atoms with E-state index in [-0.39, 0.29) is 12.2 Å². The van der Waals surface area contributed by atoms with Crippen molar-refractivity contribution in [3.8, 4) is 0 Å². The molecule has 1 N–H and O–H groups in total. The van der Waals surface area contributed by atoms with Crippen LogP contribution in [0.25, 0.3) is 0 Å². The van der Waals surface area contributed by atoms with E-state index in [0.29, 0.717) is 6.54 Å². The predicted molar refractivity (Wildman–Crippen MR) is 127 cm³/mol. The van der Waals surface area contributed by atoms with Gasteiger partial charge in [0.15, 0.2) is 0 Å². The van der Waals surface area contributed by atoms with Gasteiger partial charge in [-0.3, -0.25) is 0 Å². The van der Waals surface area contributed by atoms with Gasteiger partial charge in [0.2, 0.25) is 0 Å². The Morgan fingerprint density at radius 2 is 1.26 bits per heavy atom. The summed E-state index contributed by atoms with van der Waals surface area (Å²) in [5.41, 5.74) is -0.829. The third kappa shape index (κ3) is 23.0. The van der Waals surface area contributed by atoms with Gasteiger partial charge in [0.1, 0.15) is 11.2 Å². The van der Waals surface area contributed by atoms with Crippen molar-refractivity contribution in [2.45, 2.75) is 85.4 Å². The number of rotatable bonds is 11. The molecule has 0 fully saturated rings. The fraction of sp³-hybridized carbons (Fsp3) is 0.913. The number of ether oxygens (including phenoxy) is 3. The summed E-state index contributed by atoms with van der Waals surface area (Å²) in [4.78, 5) is 26.2. The molecule has 0 aromatic heterocycles. The third-order valence-corrected chi connectivity index (χ3v) is 3.74.